The number of phosphoric ester groups is 1. The highest BCUT2D eigenvalue weighted by Gasteiger charge is 2.12. The molecule has 0 rings (SSSR count). The van der Waals surface area contributed by atoms with Crippen LogP contribution < -0.4 is 5.32 Å². The number of rotatable bonds is 9. The van der Waals surface area contributed by atoms with Gasteiger partial charge in [-0.25, -0.2) is 4.57 Å². The van der Waals surface area contributed by atoms with E-state index < -0.39 is 7.82 Å². The van der Waals surface area contributed by atoms with Crippen molar-refractivity contribution >= 4 is 7.82 Å². The highest BCUT2D eigenvalue weighted by atomic mass is 31.2. The summed E-state index contributed by atoms with van der Waals surface area (Å²) in [5.41, 5.74) is 0. The van der Waals surface area contributed by atoms with Crippen molar-refractivity contribution in [2.75, 3.05) is 32.9 Å². The predicted molar refractivity (Wildman–Crippen MR) is 67.9 cm³/mol. The molecule has 0 amide bonds. The molecule has 0 aromatic heterocycles. The molecule has 0 aliphatic carbocycles. The number of phosphoric acid groups is 1. The molecule has 0 saturated carbocycles. The lowest BCUT2D eigenvalue weighted by Crippen LogP contribution is -2.09. The summed E-state index contributed by atoms with van der Waals surface area (Å²) in [6.45, 7) is 9.20. The highest BCUT2D eigenvalue weighted by Crippen LogP contribution is 2.35. The molecule has 7 heteroatoms. The fourth-order valence-corrected chi connectivity index (χ4v) is 1.13. The van der Waals surface area contributed by atoms with Crippen LogP contribution in [0, 0.1) is 0 Å². The lowest BCUT2D eigenvalue weighted by Gasteiger charge is -2.05. The van der Waals surface area contributed by atoms with Crippen molar-refractivity contribution in [2.45, 2.75) is 33.6 Å². The van der Waals surface area contributed by atoms with E-state index >= 15 is 0 Å². The molecule has 0 fully saturated rings. The third-order valence-corrected chi connectivity index (χ3v) is 2.15. The number of ether oxygens (including phenoxy) is 1. The Hall–Kier alpha value is 0.0300. The largest absolute Gasteiger partial charge is 0.469 e. The van der Waals surface area contributed by atoms with Crippen molar-refractivity contribution in [3.8, 4) is 0 Å². The maximum absolute atomic E-state index is 10.1. The van der Waals surface area contributed by atoms with Gasteiger partial charge < -0.3 is 19.8 Å². The van der Waals surface area contributed by atoms with Crippen LogP contribution in [0.25, 0.3) is 0 Å². The van der Waals surface area contributed by atoms with Gasteiger partial charge in [-0.3, -0.25) is 4.52 Å². The number of unbranched alkanes of at least 4 members (excludes halogenated alkanes) is 1. The molecular formula is C10H26NO5P. The van der Waals surface area contributed by atoms with Crippen LogP contribution in [0.5, 0.6) is 0 Å². The van der Waals surface area contributed by atoms with Gasteiger partial charge in [-0.2, -0.15) is 0 Å². The molecule has 0 spiro atoms. The molecule has 0 aliphatic heterocycles. The summed E-state index contributed by atoms with van der Waals surface area (Å²) in [7, 11) is -4.30. The number of hydrogen-bond donors (Lipinski definition) is 3. The van der Waals surface area contributed by atoms with E-state index in [1.807, 2.05) is 6.92 Å². The van der Waals surface area contributed by atoms with E-state index in [0.717, 1.165) is 25.9 Å². The lowest BCUT2D eigenvalue weighted by molar-refractivity contribution is 0.0839. The van der Waals surface area contributed by atoms with Crippen LogP contribution in [-0.2, 0) is 13.8 Å². The Kier molecular flexibility index (Phi) is 16.1. The normalized spacial score (nSPS) is 10.9. The lowest BCUT2D eigenvalue weighted by atomic mass is 10.4. The molecule has 0 heterocycles. The zero-order chi connectivity index (χ0) is 13.6. The number of nitrogens with one attached hydrogen (secondary N) is 1. The highest BCUT2D eigenvalue weighted by molar-refractivity contribution is 7.46. The summed E-state index contributed by atoms with van der Waals surface area (Å²) in [5, 5.41) is 3.11. The van der Waals surface area contributed by atoms with Crippen molar-refractivity contribution in [3.63, 3.8) is 0 Å². The monoisotopic (exact) mass is 271 g/mol. The first-order valence-electron chi connectivity index (χ1n) is 5.96. The van der Waals surface area contributed by atoms with Crippen molar-refractivity contribution in [1.82, 2.24) is 5.32 Å². The minimum atomic E-state index is -4.30. The van der Waals surface area contributed by atoms with Crippen molar-refractivity contribution in [1.29, 1.82) is 0 Å². The molecule has 3 N–H and O–H groups in total. The fraction of sp³-hybridized carbons (Fsp3) is 1.00. The standard InChI is InChI=1S/C6H15O5P.C4H11N/c1-2-3-4-10-5-6-11-12(7,8)9;1-3-5-4-2/h2-6H2,1H3,(H2,7,8,9);5H,3-4H2,1-2H3. The van der Waals surface area contributed by atoms with E-state index in [4.69, 9.17) is 14.5 Å². The van der Waals surface area contributed by atoms with Crippen LogP contribution in [0.15, 0.2) is 0 Å². The van der Waals surface area contributed by atoms with Crippen molar-refractivity contribution in [3.05, 3.63) is 0 Å². The van der Waals surface area contributed by atoms with Gasteiger partial charge in [0.1, 0.15) is 0 Å². The molecule has 0 unspecified atom stereocenters. The second-order valence-corrected chi connectivity index (χ2v) is 4.49. The molecule has 0 bridgehead atoms. The first-order chi connectivity index (χ1) is 7.97. The van der Waals surface area contributed by atoms with Crippen LogP contribution in [0.4, 0.5) is 0 Å². The van der Waals surface area contributed by atoms with E-state index in [1.54, 1.807) is 0 Å². The topological polar surface area (TPSA) is 88.0 Å². The van der Waals surface area contributed by atoms with Crippen LogP contribution in [0.3, 0.4) is 0 Å². The molecule has 0 radical (unpaired) electrons. The zero-order valence-corrected chi connectivity index (χ0v) is 11.9. The molecular weight excluding hydrogens is 245 g/mol. The summed E-state index contributed by atoms with van der Waals surface area (Å²) < 4.78 is 19.3. The molecule has 0 aromatic carbocycles. The van der Waals surface area contributed by atoms with E-state index in [9.17, 15) is 4.57 Å². The van der Waals surface area contributed by atoms with Crippen LogP contribution >= 0.6 is 7.82 Å². The maximum Gasteiger partial charge on any atom is 0.469 e. The first kappa shape index (κ1) is 19.4. The van der Waals surface area contributed by atoms with Gasteiger partial charge in [0.05, 0.1) is 13.2 Å². The van der Waals surface area contributed by atoms with Gasteiger partial charge in [0.2, 0.25) is 0 Å². The van der Waals surface area contributed by atoms with E-state index in [-0.39, 0.29) is 13.2 Å². The van der Waals surface area contributed by atoms with Crippen molar-refractivity contribution < 1.29 is 23.6 Å². The molecule has 0 aliphatic rings. The molecule has 106 valence electrons. The third-order valence-electron chi connectivity index (χ3n) is 1.63. The Morgan fingerprint density at radius 1 is 1.06 bits per heavy atom. The van der Waals surface area contributed by atoms with Gasteiger partial charge in [-0.05, 0) is 19.5 Å². The molecule has 6 nitrogen and oxygen atoms in total. The Morgan fingerprint density at radius 3 is 2.00 bits per heavy atom. The first-order valence-corrected chi connectivity index (χ1v) is 7.49. The average molecular weight is 271 g/mol. The fourth-order valence-electron chi connectivity index (χ4n) is 0.814. The van der Waals surface area contributed by atoms with Crippen LogP contribution in [-0.4, -0.2) is 42.7 Å². The van der Waals surface area contributed by atoms with Gasteiger partial charge >= 0.3 is 7.82 Å². The second-order valence-electron chi connectivity index (χ2n) is 3.25. The SMILES string of the molecule is CCCCOCCOP(=O)(O)O.CCNCC. The van der Waals surface area contributed by atoms with Gasteiger partial charge in [0.15, 0.2) is 0 Å². The Labute approximate surface area is 104 Å². The minimum absolute atomic E-state index is 0.0615. The zero-order valence-electron chi connectivity index (χ0n) is 11.0. The van der Waals surface area contributed by atoms with Gasteiger partial charge in [0, 0.05) is 6.61 Å². The minimum Gasteiger partial charge on any atom is -0.379 e. The Morgan fingerprint density at radius 2 is 1.65 bits per heavy atom. The summed E-state index contributed by atoms with van der Waals surface area (Å²) in [4.78, 5) is 16.5. The Balaban J connectivity index is 0. The van der Waals surface area contributed by atoms with Gasteiger partial charge in [0.25, 0.3) is 0 Å². The Bertz CT molecular complexity index is 184. The second kappa shape index (κ2) is 14.1. The average Bonchev–Trinajstić information content (AvgIpc) is 2.24. The summed E-state index contributed by atoms with van der Waals surface area (Å²) in [5.74, 6) is 0. The molecule has 0 atom stereocenters. The molecule has 17 heavy (non-hydrogen) atoms. The molecule has 0 aromatic rings. The van der Waals surface area contributed by atoms with E-state index in [2.05, 4.69) is 23.7 Å². The maximum atomic E-state index is 10.1. The number of hydrogen-bond acceptors (Lipinski definition) is 4. The smallest absolute Gasteiger partial charge is 0.379 e. The van der Waals surface area contributed by atoms with Crippen LogP contribution in [0.2, 0.25) is 0 Å². The van der Waals surface area contributed by atoms with Gasteiger partial charge in [-0.15, -0.1) is 0 Å². The molecule has 0 saturated heterocycles. The summed E-state index contributed by atoms with van der Waals surface area (Å²) in [6.07, 6.45) is 2.00. The van der Waals surface area contributed by atoms with Crippen molar-refractivity contribution in [2.24, 2.45) is 0 Å². The predicted octanol–water partition coefficient (Wildman–Crippen LogP) is 1.53. The quantitative estimate of drug-likeness (QED) is 0.435. The summed E-state index contributed by atoms with van der Waals surface area (Å²) in [6, 6.07) is 0. The van der Waals surface area contributed by atoms with E-state index in [0.29, 0.717) is 6.61 Å². The summed E-state index contributed by atoms with van der Waals surface area (Å²) >= 11 is 0. The third kappa shape index (κ3) is 25.9. The van der Waals surface area contributed by atoms with E-state index in [1.165, 1.54) is 0 Å². The van der Waals surface area contributed by atoms with Crippen LogP contribution in [0.1, 0.15) is 33.6 Å². The van der Waals surface area contributed by atoms with Gasteiger partial charge in [-0.1, -0.05) is 27.2 Å².